The molecule has 0 aromatic heterocycles. The second-order valence-electron chi connectivity index (χ2n) is 4.35. The van der Waals surface area contributed by atoms with Gasteiger partial charge in [-0.1, -0.05) is 18.2 Å². The van der Waals surface area contributed by atoms with Gasteiger partial charge in [-0.15, -0.1) is 0 Å². The van der Waals surface area contributed by atoms with E-state index >= 15 is 0 Å². The Bertz CT molecular complexity index is 393. The summed E-state index contributed by atoms with van der Waals surface area (Å²) in [4.78, 5) is 11.3. The van der Waals surface area contributed by atoms with Crippen molar-refractivity contribution in [3.63, 3.8) is 0 Å². The largest absolute Gasteiger partial charge is 0.310 e. The van der Waals surface area contributed by atoms with Gasteiger partial charge < -0.3 is 5.32 Å². The van der Waals surface area contributed by atoms with E-state index in [0.717, 1.165) is 0 Å². The average Bonchev–Trinajstić information content (AvgIpc) is 2.32. The number of benzene rings is 1. The minimum Gasteiger partial charge on any atom is -0.310 e. The summed E-state index contributed by atoms with van der Waals surface area (Å²) >= 11 is 0. The number of Topliss-reactive ketones (excluding diaryl/α,β-unsaturated/α-hetero) is 1. The topological polar surface area (TPSA) is 29.1 Å². The lowest BCUT2D eigenvalue weighted by molar-refractivity contribution is -0.121. The summed E-state index contributed by atoms with van der Waals surface area (Å²) in [6.07, 6.45) is 2.44. The van der Waals surface area contributed by atoms with Crippen molar-refractivity contribution in [2.24, 2.45) is 0 Å². The normalized spacial score (nSPS) is 19.8. The van der Waals surface area contributed by atoms with Gasteiger partial charge in [0.1, 0.15) is 11.6 Å². The van der Waals surface area contributed by atoms with E-state index < -0.39 is 0 Å². The van der Waals surface area contributed by atoms with Crippen LogP contribution in [-0.2, 0) is 10.3 Å². The second-order valence-corrected chi connectivity index (χ2v) is 4.35. The van der Waals surface area contributed by atoms with Gasteiger partial charge >= 0.3 is 0 Å². The van der Waals surface area contributed by atoms with Crippen molar-refractivity contribution in [3.05, 3.63) is 35.6 Å². The predicted octanol–water partition coefficient (Wildman–Crippen LogP) is 2.38. The molecular weight excluding hydrogens is 205 g/mol. The zero-order valence-corrected chi connectivity index (χ0v) is 9.42. The van der Waals surface area contributed by atoms with Gasteiger partial charge in [-0.05, 0) is 26.0 Å². The lowest BCUT2D eigenvalue weighted by atomic mass is 9.76. The number of nitrogens with one attached hydrogen (secondary N) is 1. The SMILES string of the molecule is CNC1(c2ccccc2F)CCC(=O)CC1. The fraction of sp³-hybridized carbons (Fsp3) is 0.462. The van der Waals surface area contributed by atoms with E-state index in [1.54, 1.807) is 6.07 Å². The molecule has 0 heterocycles. The van der Waals surface area contributed by atoms with Crippen LogP contribution < -0.4 is 5.32 Å². The maximum atomic E-state index is 13.8. The zero-order chi connectivity index (χ0) is 11.6. The Balaban J connectivity index is 2.35. The van der Waals surface area contributed by atoms with Crippen LogP contribution in [0, 0.1) is 5.82 Å². The number of rotatable bonds is 2. The van der Waals surface area contributed by atoms with E-state index in [1.165, 1.54) is 6.07 Å². The van der Waals surface area contributed by atoms with Gasteiger partial charge in [-0.3, -0.25) is 4.79 Å². The Labute approximate surface area is 94.9 Å². The minimum atomic E-state index is -0.362. The molecule has 1 aromatic carbocycles. The van der Waals surface area contributed by atoms with Crippen molar-refractivity contribution in [1.29, 1.82) is 0 Å². The molecule has 0 bridgehead atoms. The number of carbonyl (C=O) groups is 1. The van der Waals surface area contributed by atoms with E-state index in [2.05, 4.69) is 5.32 Å². The van der Waals surface area contributed by atoms with E-state index in [1.807, 2.05) is 19.2 Å². The molecule has 1 N–H and O–H groups in total. The van der Waals surface area contributed by atoms with Gasteiger partial charge in [-0.25, -0.2) is 4.39 Å². The highest BCUT2D eigenvalue weighted by Gasteiger charge is 2.36. The summed E-state index contributed by atoms with van der Waals surface area (Å²) in [6.45, 7) is 0. The van der Waals surface area contributed by atoms with Crippen LogP contribution in [0.1, 0.15) is 31.2 Å². The Morgan fingerprint density at radius 3 is 2.44 bits per heavy atom. The molecule has 86 valence electrons. The quantitative estimate of drug-likeness (QED) is 0.830. The molecule has 0 spiro atoms. The lowest BCUT2D eigenvalue weighted by Crippen LogP contribution is -2.44. The van der Waals surface area contributed by atoms with Crippen LogP contribution in [0.3, 0.4) is 0 Å². The van der Waals surface area contributed by atoms with Crippen molar-refractivity contribution in [2.75, 3.05) is 7.05 Å². The molecule has 0 amide bonds. The van der Waals surface area contributed by atoms with Gasteiger partial charge in [0.15, 0.2) is 0 Å². The number of ketones is 1. The molecule has 1 aliphatic carbocycles. The highest BCUT2D eigenvalue weighted by Crippen LogP contribution is 2.36. The highest BCUT2D eigenvalue weighted by molar-refractivity contribution is 5.79. The van der Waals surface area contributed by atoms with Gasteiger partial charge in [0.25, 0.3) is 0 Å². The maximum absolute atomic E-state index is 13.8. The molecule has 2 rings (SSSR count). The van der Waals surface area contributed by atoms with E-state index in [9.17, 15) is 9.18 Å². The molecular formula is C13H16FNO. The van der Waals surface area contributed by atoms with Gasteiger partial charge in [0, 0.05) is 23.9 Å². The first-order chi connectivity index (χ1) is 7.68. The predicted molar refractivity (Wildman–Crippen MR) is 60.6 cm³/mol. The maximum Gasteiger partial charge on any atom is 0.133 e. The van der Waals surface area contributed by atoms with Crippen LogP contribution in [0.25, 0.3) is 0 Å². The van der Waals surface area contributed by atoms with Crippen molar-refractivity contribution in [2.45, 2.75) is 31.2 Å². The monoisotopic (exact) mass is 221 g/mol. The summed E-state index contributed by atoms with van der Waals surface area (Å²) in [5.41, 5.74) is 0.323. The summed E-state index contributed by atoms with van der Waals surface area (Å²) in [5.74, 6) is 0.0911. The first kappa shape index (κ1) is 11.3. The molecule has 2 nitrogen and oxygen atoms in total. The molecule has 1 aliphatic rings. The standard InChI is InChI=1S/C13H16FNO/c1-15-13(8-6-10(16)7-9-13)11-4-2-3-5-12(11)14/h2-5,15H,6-9H2,1H3. The summed E-state index contributed by atoms with van der Waals surface area (Å²) in [7, 11) is 1.84. The second kappa shape index (κ2) is 4.34. The zero-order valence-electron chi connectivity index (χ0n) is 9.42. The average molecular weight is 221 g/mol. The van der Waals surface area contributed by atoms with E-state index in [4.69, 9.17) is 0 Å². The van der Waals surface area contributed by atoms with E-state index in [0.29, 0.717) is 31.2 Å². The molecule has 1 saturated carbocycles. The lowest BCUT2D eigenvalue weighted by Gasteiger charge is -2.37. The van der Waals surface area contributed by atoms with Crippen LogP contribution >= 0.6 is 0 Å². The van der Waals surface area contributed by atoms with Crippen LogP contribution in [0.4, 0.5) is 4.39 Å². The van der Waals surface area contributed by atoms with Gasteiger partial charge in [-0.2, -0.15) is 0 Å². The molecule has 1 aromatic rings. The minimum absolute atomic E-state index is 0.189. The van der Waals surface area contributed by atoms with Gasteiger partial charge in [0.05, 0.1) is 0 Å². The fourth-order valence-electron chi connectivity index (χ4n) is 2.46. The van der Waals surface area contributed by atoms with Crippen molar-refractivity contribution < 1.29 is 9.18 Å². The molecule has 3 heteroatoms. The number of carbonyl (C=O) groups excluding carboxylic acids is 1. The Hall–Kier alpha value is -1.22. The molecule has 16 heavy (non-hydrogen) atoms. The molecule has 0 saturated heterocycles. The molecule has 0 aliphatic heterocycles. The fourth-order valence-corrected chi connectivity index (χ4v) is 2.46. The van der Waals surface area contributed by atoms with Crippen LogP contribution in [0.5, 0.6) is 0 Å². The molecule has 1 fully saturated rings. The first-order valence-electron chi connectivity index (χ1n) is 5.63. The van der Waals surface area contributed by atoms with Crippen molar-refractivity contribution in [1.82, 2.24) is 5.32 Å². The third-order valence-corrected chi connectivity index (χ3v) is 3.53. The third kappa shape index (κ3) is 1.87. The number of halogens is 1. The van der Waals surface area contributed by atoms with Crippen molar-refractivity contribution in [3.8, 4) is 0 Å². The highest BCUT2D eigenvalue weighted by atomic mass is 19.1. The van der Waals surface area contributed by atoms with Crippen LogP contribution in [-0.4, -0.2) is 12.8 Å². The van der Waals surface area contributed by atoms with Crippen LogP contribution in [0.2, 0.25) is 0 Å². The van der Waals surface area contributed by atoms with E-state index in [-0.39, 0.29) is 17.1 Å². The third-order valence-electron chi connectivity index (χ3n) is 3.53. The van der Waals surface area contributed by atoms with Gasteiger partial charge in [0.2, 0.25) is 0 Å². The Morgan fingerprint density at radius 2 is 1.88 bits per heavy atom. The summed E-state index contributed by atoms with van der Waals surface area (Å²) in [6, 6.07) is 6.82. The first-order valence-corrected chi connectivity index (χ1v) is 5.63. The number of hydrogen-bond donors (Lipinski definition) is 1. The summed E-state index contributed by atoms with van der Waals surface area (Å²) < 4.78 is 13.8. The van der Waals surface area contributed by atoms with Crippen LogP contribution in [0.15, 0.2) is 24.3 Å². The Kier molecular flexibility index (Phi) is 3.06. The number of hydrogen-bond acceptors (Lipinski definition) is 2. The molecule has 0 atom stereocenters. The molecule has 0 radical (unpaired) electrons. The smallest absolute Gasteiger partial charge is 0.133 e. The Morgan fingerprint density at radius 1 is 1.25 bits per heavy atom. The summed E-state index contributed by atoms with van der Waals surface area (Å²) in [5, 5.41) is 3.20. The molecule has 0 unspecified atom stereocenters. The van der Waals surface area contributed by atoms with Crippen molar-refractivity contribution >= 4 is 5.78 Å².